The van der Waals surface area contributed by atoms with Gasteiger partial charge in [0.1, 0.15) is 11.4 Å². The number of hydrogen-bond acceptors (Lipinski definition) is 5. The van der Waals surface area contributed by atoms with Crippen molar-refractivity contribution in [3.63, 3.8) is 0 Å². The number of nitrogens with one attached hydrogen (secondary N) is 1. The van der Waals surface area contributed by atoms with E-state index in [0.29, 0.717) is 54.9 Å². The lowest BCUT2D eigenvalue weighted by molar-refractivity contribution is -0.138. The van der Waals surface area contributed by atoms with E-state index in [9.17, 15) is 30.7 Å². The Bertz CT molecular complexity index is 1100. The highest BCUT2D eigenvalue weighted by atomic mass is 19.4. The second-order valence-electron chi connectivity index (χ2n) is 10.3. The van der Waals surface area contributed by atoms with E-state index < -0.39 is 46.4 Å². The molecular formula is C25H27F7N4O. The van der Waals surface area contributed by atoms with Gasteiger partial charge in [0.05, 0.1) is 11.3 Å². The molecule has 1 N–H and O–H groups in total. The summed E-state index contributed by atoms with van der Waals surface area (Å²) in [6, 6.07) is 1.85. The second-order valence-corrected chi connectivity index (χ2v) is 10.3. The summed E-state index contributed by atoms with van der Waals surface area (Å²) in [6.07, 6.45) is -6.16. The zero-order valence-electron chi connectivity index (χ0n) is 19.9. The van der Waals surface area contributed by atoms with Gasteiger partial charge in [-0.3, -0.25) is 0 Å². The third kappa shape index (κ3) is 5.84. The van der Waals surface area contributed by atoms with Crippen molar-refractivity contribution < 1.29 is 35.5 Å². The number of fused-ring (bicyclic) bond motifs is 1. The predicted molar refractivity (Wildman–Crippen MR) is 121 cm³/mol. The van der Waals surface area contributed by atoms with Gasteiger partial charge in [-0.05, 0) is 67.7 Å². The van der Waals surface area contributed by atoms with Crippen molar-refractivity contribution in [2.24, 2.45) is 17.8 Å². The first kappa shape index (κ1) is 26.1. The molecule has 2 saturated heterocycles. The van der Waals surface area contributed by atoms with Crippen molar-refractivity contribution in [1.29, 1.82) is 0 Å². The van der Waals surface area contributed by atoms with Crippen LogP contribution in [0.2, 0.25) is 0 Å². The third-order valence-electron chi connectivity index (χ3n) is 7.69. The zero-order valence-corrected chi connectivity index (χ0v) is 19.9. The summed E-state index contributed by atoms with van der Waals surface area (Å²) in [7, 11) is 0. The number of anilines is 1. The van der Waals surface area contributed by atoms with Crippen LogP contribution in [0.25, 0.3) is 11.3 Å². The van der Waals surface area contributed by atoms with Gasteiger partial charge in [0.2, 0.25) is 0 Å². The molecule has 5 nitrogen and oxygen atoms in total. The van der Waals surface area contributed by atoms with E-state index in [2.05, 4.69) is 20.4 Å². The van der Waals surface area contributed by atoms with Crippen LogP contribution in [0.5, 0.6) is 0 Å². The number of hydrogen-bond donors (Lipinski definition) is 1. The fourth-order valence-corrected chi connectivity index (χ4v) is 5.90. The normalized spacial score (nSPS) is 25.4. The smallest absolute Gasteiger partial charge is 0.381 e. The van der Waals surface area contributed by atoms with E-state index in [-0.39, 0.29) is 6.04 Å². The van der Waals surface area contributed by atoms with Crippen LogP contribution < -0.4 is 5.32 Å². The highest BCUT2D eigenvalue weighted by Gasteiger charge is 2.43. The topological polar surface area (TPSA) is 50.3 Å². The Balaban J connectivity index is 1.29. The molecule has 1 saturated carbocycles. The Labute approximate surface area is 209 Å². The molecule has 0 bridgehead atoms. The number of ether oxygens (including phenoxy) is 1. The molecule has 1 aromatic carbocycles. The minimum Gasteiger partial charge on any atom is -0.381 e. The molecule has 3 fully saturated rings. The van der Waals surface area contributed by atoms with E-state index in [1.807, 2.05) is 0 Å². The molecule has 12 heteroatoms. The SMILES string of the molecule is Fc1ccc(C(F)(F)F)cc1-c1cc(C(F)(F)F)c(N[C@@H]2C[C@@H]3CN(CC4CCOCC4)C[C@@H]3C2)nn1. The lowest BCUT2D eigenvalue weighted by atomic mass is 10.00. The standard InChI is InChI=1S/C25H27F7N4O/c26-21-2-1-17(24(27,28)29)9-19(21)22-10-20(25(30,31)32)23(35-34-22)33-18-7-15-12-36(13-16(15)8-18)11-14-3-5-37-6-4-14/h1-2,9-10,14-16,18H,3-8,11-13H2,(H,33,35)/t15-,16+,18-. The molecule has 3 heterocycles. The van der Waals surface area contributed by atoms with Crippen LogP contribution in [0.4, 0.5) is 36.6 Å². The molecule has 3 atom stereocenters. The highest BCUT2D eigenvalue weighted by molar-refractivity contribution is 5.64. The molecule has 0 radical (unpaired) electrons. The van der Waals surface area contributed by atoms with Crippen molar-refractivity contribution in [3.05, 3.63) is 41.2 Å². The second kappa shape index (κ2) is 10.0. The molecule has 3 aliphatic rings. The van der Waals surface area contributed by atoms with Crippen LogP contribution >= 0.6 is 0 Å². The maximum absolute atomic E-state index is 14.3. The van der Waals surface area contributed by atoms with E-state index in [0.717, 1.165) is 45.7 Å². The number of rotatable bonds is 5. The lowest BCUT2D eigenvalue weighted by Crippen LogP contribution is -2.32. The van der Waals surface area contributed by atoms with Gasteiger partial charge in [-0.25, -0.2) is 4.39 Å². The Hall–Kier alpha value is -2.47. The van der Waals surface area contributed by atoms with E-state index in [4.69, 9.17) is 4.74 Å². The van der Waals surface area contributed by atoms with Crippen molar-refractivity contribution in [3.8, 4) is 11.3 Å². The minimum absolute atomic E-state index is 0.230. The van der Waals surface area contributed by atoms with Gasteiger partial charge in [0.15, 0.2) is 5.82 Å². The van der Waals surface area contributed by atoms with Gasteiger partial charge in [-0.15, -0.1) is 10.2 Å². The maximum Gasteiger partial charge on any atom is 0.420 e. The lowest BCUT2D eigenvalue weighted by Gasteiger charge is -2.28. The molecule has 0 amide bonds. The first-order valence-electron chi connectivity index (χ1n) is 12.4. The molecule has 0 unspecified atom stereocenters. The quantitative estimate of drug-likeness (QED) is 0.489. The highest BCUT2D eigenvalue weighted by Crippen LogP contribution is 2.42. The molecule has 2 aliphatic heterocycles. The van der Waals surface area contributed by atoms with Gasteiger partial charge < -0.3 is 15.0 Å². The Kier molecular flexibility index (Phi) is 7.08. The summed E-state index contributed by atoms with van der Waals surface area (Å²) < 4.78 is 101. The molecular weight excluding hydrogens is 505 g/mol. The summed E-state index contributed by atoms with van der Waals surface area (Å²) in [5, 5.41) is 10.2. The van der Waals surface area contributed by atoms with Crippen LogP contribution in [0.1, 0.15) is 36.8 Å². The fourth-order valence-electron chi connectivity index (χ4n) is 5.90. The summed E-state index contributed by atoms with van der Waals surface area (Å²) in [5.74, 6) is -0.250. The minimum atomic E-state index is -4.86. The van der Waals surface area contributed by atoms with Crippen LogP contribution in [-0.2, 0) is 17.1 Å². The summed E-state index contributed by atoms with van der Waals surface area (Å²) in [5.41, 5.74) is -3.69. The summed E-state index contributed by atoms with van der Waals surface area (Å²) in [6.45, 7) is 4.42. The number of benzene rings is 1. The predicted octanol–water partition coefficient (Wildman–Crippen LogP) is 5.87. The molecule has 5 rings (SSSR count). The van der Waals surface area contributed by atoms with Crippen LogP contribution in [0.15, 0.2) is 24.3 Å². The number of likely N-dealkylation sites (tertiary alicyclic amines) is 1. The molecule has 202 valence electrons. The number of alkyl halides is 6. The average Bonchev–Trinajstić information content (AvgIpc) is 3.37. The number of aromatic nitrogens is 2. The summed E-state index contributed by atoms with van der Waals surface area (Å²) in [4.78, 5) is 2.45. The number of nitrogens with zero attached hydrogens (tertiary/aromatic N) is 3. The fraction of sp³-hybridized carbons (Fsp3) is 0.600. The number of halogens is 7. The summed E-state index contributed by atoms with van der Waals surface area (Å²) >= 11 is 0. The van der Waals surface area contributed by atoms with Gasteiger partial charge in [-0.2, -0.15) is 26.3 Å². The Morgan fingerprint density at radius 1 is 0.919 bits per heavy atom. The molecule has 1 aromatic heterocycles. The molecule has 37 heavy (non-hydrogen) atoms. The third-order valence-corrected chi connectivity index (χ3v) is 7.69. The maximum atomic E-state index is 14.3. The van der Waals surface area contributed by atoms with Gasteiger partial charge >= 0.3 is 12.4 Å². The molecule has 0 spiro atoms. The largest absolute Gasteiger partial charge is 0.420 e. The van der Waals surface area contributed by atoms with E-state index in [1.54, 1.807) is 0 Å². The van der Waals surface area contributed by atoms with Gasteiger partial charge in [0, 0.05) is 44.5 Å². The van der Waals surface area contributed by atoms with Crippen molar-refractivity contribution in [2.45, 2.75) is 44.1 Å². The van der Waals surface area contributed by atoms with Crippen molar-refractivity contribution in [1.82, 2.24) is 15.1 Å². The Morgan fingerprint density at radius 3 is 2.22 bits per heavy atom. The zero-order chi connectivity index (χ0) is 26.4. The first-order chi connectivity index (χ1) is 17.5. The average molecular weight is 533 g/mol. The van der Waals surface area contributed by atoms with Crippen molar-refractivity contribution in [2.75, 3.05) is 38.2 Å². The van der Waals surface area contributed by atoms with Crippen LogP contribution in [0.3, 0.4) is 0 Å². The molecule has 2 aromatic rings. The van der Waals surface area contributed by atoms with Gasteiger partial charge in [0.25, 0.3) is 0 Å². The molecule has 1 aliphatic carbocycles. The Morgan fingerprint density at radius 2 is 1.59 bits per heavy atom. The van der Waals surface area contributed by atoms with E-state index >= 15 is 0 Å². The first-order valence-corrected chi connectivity index (χ1v) is 12.4. The van der Waals surface area contributed by atoms with Crippen LogP contribution in [-0.4, -0.2) is 54.0 Å². The van der Waals surface area contributed by atoms with Crippen molar-refractivity contribution >= 4 is 5.82 Å². The van der Waals surface area contributed by atoms with E-state index in [1.165, 1.54) is 0 Å². The van der Waals surface area contributed by atoms with Gasteiger partial charge in [-0.1, -0.05) is 0 Å². The van der Waals surface area contributed by atoms with Crippen LogP contribution in [0, 0.1) is 23.6 Å². The monoisotopic (exact) mass is 532 g/mol.